The Morgan fingerprint density at radius 3 is 2.58 bits per heavy atom. The molecule has 2 N–H and O–H groups in total. The van der Waals surface area contributed by atoms with Crippen molar-refractivity contribution in [3.8, 4) is 0 Å². The number of carbonyl (C=O) groups is 1. The van der Waals surface area contributed by atoms with Crippen LogP contribution >= 0.6 is 10.7 Å². The van der Waals surface area contributed by atoms with Crippen LogP contribution in [0.15, 0.2) is 23.1 Å². The predicted octanol–water partition coefficient (Wildman–Crippen LogP) is 2.84. The summed E-state index contributed by atoms with van der Waals surface area (Å²) < 4.78 is 22.5. The van der Waals surface area contributed by atoms with E-state index in [4.69, 9.17) is 10.7 Å². The Balaban J connectivity index is 2.72. The van der Waals surface area contributed by atoms with E-state index in [1.807, 2.05) is 6.92 Å². The fraction of sp³-hybridized carbons (Fsp3) is 0.417. The van der Waals surface area contributed by atoms with Crippen LogP contribution in [0, 0.1) is 6.92 Å². The van der Waals surface area contributed by atoms with Gasteiger partial charge in [-0.25, -0.2) is 13.2 Å². The molecule has 7 heteroatoms. The predicted molar refractivity (Wildman–Crippen MR) is 76.1 cm³/mol. The summed E-state index contributed by atoms with van der Waals surface area (Å²) in [6.45, 7) is 4.26. The molecule has 1 aromatic rings. The Morgan fingerprint density at radius 2 is 2.05 bits per heavy atom. The second-order valence-electron chi connectivity index (χ2n) is 4.15. The summed E-state index contributed by atoms with van der Waals surface area (Å²) in [6.07, 6.45) is 1.91. The van der Waals surface area contributed by atoms with E-state index in [0.717, 1.165) is 12.8 Å². The van der Waals surface area contributed by atoms with Gasteiger partial charge in [0.15, 0.2) is 0 Å². The summed E-state index contributed by atoms with van der Waals surface area (Å²) in [6, 6.07) is 4.13. The quantitative estimate of drug-likeness (QED) is 0.649. The molecule has 0 aliphatic heterocycles. The zero-order valence-electron chi connectivity index (χ0n) is 10.9. The molecule has 0 fully saturated rings. The first-order chi connectivity index (χ1) is 8.84. The molecule has 19 heavy (non-hydrogen) atoms. The number of anilines is 1. The highest BCUT2D eigenvalue weighted by atomic mass is 35.7. The minimum absolute atomic E-state index is 0.0473. The minimum Gasteiger partial charge on any atom is -0.338 e. The van der Waals surface area contributed by atoms with E-state index >= 15 is 0 Å². The normalized spacial score (nSPS) is 11.1. The average Bonchev–Trinajstić information content (AvgIpc) is 2.27. The van der Waals surface area contributed by atoms with Crippen molar-refractivity contribution in [2.75, 3.05) is 11.9 Å². The zero-order chi connectivity index (χ0) is 14.5. The van der Waals surface area contributed by atoms with Crippen LogP contribution in [0.2, 0.25) is 0 Å². The third kappa shape index (κ3) is 5.08. The molecule has 0 radical (unpaired) electrons. The third-order valence-corrected chi connectivity index (χ3v) is 3.99. The molecule has 0 aliphatic carbocycles. The molecule has 0 spiro atoms. The maximum absolute atomic E-state index is 11.5. The molecule has 0 saturated heterocycles. The number of amides is 2. The molecular weight excluding hydrogens is 288 g/mol. The molecule has 1 rings (SSSR count). The van der Waals surface area contributed by atoms with Gasteiger partial charge in [-0.15, -0.1) is 0 Å². The maximum Gasteiger partial charge on any atom is 0.319 e. The van der Waals surface area contributed by atoms with Crippen molar-refractivity contribution in [1.29, 1.82) is 0 Å². The summed E-state index contributed by atoms with van der Waals surface area (Å²) in [5.74, 6) is 0. The maximum atomic E-state index is 11.5. The van der Waals surface area contributed by atoms with E-state index in [0.29, 0.717) is 17.8 Å². The lowest BCUT2D eigenvalue weighted by Gasteiger charge is -2.09. The van der Waals surface area contributed by atoms with Gasteiger partial charge in [-0.1, -0.05) is 13.3 Å². The summed E-state index contributed by atoms with van der Waals surface area (Å²) in [5.41, 5.74) is 1.01. The fourth-order valence-corrected chi connectivity index (χ4v) is 2.75. The van der Waals surface area contributed by atoms with Gasteiger partial charge in [-0.3, -0.25) is 0 Å². The Kier molecular flexibility index (Phi) is 5.62. The highest BCUT2D eigenvalue weighted by Gasteiger charge is 2.13. The van der Waals surface area contributed by atoms with Gasteiger partial charge in [0.2, 0.25) is 0 Å². The molecule has 1 aromatic carbocycles. The van der Waals surface area contributed by atoms with Crippen molar-refractivity contribution in [2.45, 2.75) is 31.6 Å². The summed E-state index contributed by atoms with van der Waals surface area (Å²) in [5, 5.41) is 5.33. The molecule has 0 saturated carbocycles. The van der Waals surface area contributed by atoms with Crippen LogP contribution < -0.4 is 10.6 Å². The van der Waals surface area contributed by atoms with Crippen LogP contribution in [-0.2, 0) is 9.05 Å². The van der Waals surface area contributed by atoms with Crippen molar-refractivity contribution in [3.05, 3.63) is 23.8 Å². The van der Waals surface area contributed by atoms with Crippen molar-refractivity contribution in [1.82, 2.24) is 5.32 Å². The van der Waals surface area contributed by atoms with E-state index < -0.39 is 9.05 Å². The number of carbonyl (C=O) groups excluding carboxylic acids is 1. The lowest BCUT2D eigenvalue weighted by atomic mass is 10.2. The monoisotopic (exact) mass is 304 g/mol. The van der Waals surface area contributed by atoms with Gasteiger partial charge < -0.3 is 10.6 Å². The van der Waals surface area contributed by atoms with E-state index in [1.54, 1.807) is 13.0 Å². The van der Waals surface area contributed by atoms with Gasteiger partial charge in [-0.2, -0.15) is 0 Å². The van der Waals surface area contributed by atoms with Gasteiger partial charge in [0, 0.05) is 22.9 Å². The standard InChI is InChI=1S/C12H17ClN2O3S/c1-3-4-7-14-12(16)15-10-5-6-11(9(2)8-10)19(13,17)18/h5-6,8H,3-4,7H2,1-2H3,(H2,14,15,16). The molecule has 0 atom stereocenters. The van der Waals surface area contributed by atoms with E-state index in [2.05, 4.69) is 10.6 Å². The average molecular weight is 305 g/mol. The summed E-state index contributed by atoms with van der Waals surface area (Å²) in [7, 11) is 1.53. The second-order valence-corrected chi connectivity index (χ2v) is 6.69. The highest BCUT2D eigenvalue weighted by Crippen LogP contribution is 2.22. The number of aryl methyl sites for hydroxylation is 1. The molecular formula is C12H17ClN2O3S. The molecule has 0 bridgehead atoms. The van der Waals surface area contributed by atoms with Gasteiger partial charge in [0.25, 0.3) is 9.05 Å². The largest absolute Gasteiger partial charge is 0.338 e. The van der Waals surface area contributed by atoms with Crippen LogP contribution in [0.25, 0.3) is 0 Å². The third-order valence-electron chi connectivity index (χ3n) is 2.51. The topological polar surface area (TPSA) is 75.3 Å². The summed E-state index contributed by atoms with van der Waals surface area (Å²) >= 11 is 0. The number of benzene rings is 1. The van der Waals surface area contributed by atoms with Crippen molar-refractivity contribution in [3.63, 3.8) is 0 Å². The number of halogens is 1. The van der Waals surface area contributed by atoms with E-state index in [1.165, 1.54) is 12.1 Å². The van der Waals surface area contributed by atoms with Gasteiger partial charge in [-0.05, 0) is 37.1 Å². The van der Waals surface area contributed by atoms with Crippen molar-refractivity contribution >= 4 is 31.5 Å². The minimum atomic E-state index is -3.75. The number of rotatable bonds is 5. The molecule has 0 heterocycles. The van der Waals surface area contributed by atoms with Crippen molar-refractivity contribution < 1.29 is 13.2 Å². The van der Waals surface area contributed by atoms with Crippen LogP contribution in [0.3, 0.4) is 0 Å². The Morgan fingerprint density at radius 1 is 1.37 bits per heavy atom. The first-order valence-electron chi connectivity index (χ1n) is 5.94. The molecule has 5 nitrogen and oxygen atoms in total. The first-order valence-corrected chi connectivity index (χ1v) is 8.25. The van der Waals surface area contributed by atoms with Crippen LogP contribution in [0.5, 0.6) is 0 Å². The molecule has 106 valence electrons. The SMILES string of the molecule is CCCCNC(=O)Nc1ccc(S(=O)(=O)Cl)c(C)c1. The first kappa shape index (κ1) is 15.8. The lowest BCUT2D eigenvalue weighted by Crippen LogP contribution is -2.29. The van der Waals surface area contributed by atoms with Crippen LogP contribution in [0.1, 0.15) is 25.3 Å². The van der Waals surface area contributed by atoms with E-state index in [9.17, 15) is 13.2 Å². The zero-order valence-corrected chi connectivity index (χ0v) is 12.4. The molecule has 0 aliphatic rings. The number of urea groups is 1. The Bertz CT molecular complexity index is 558. The van der Waals surface area contributed by atoms with Gasteiger partial charge >= 0.3 is 6.03 Å². The van der Waals surface area contributed by atoms with Crippen LogP contribution in [-0.4, -0.2) is 21.0 Å². The van der Waals surface area contributed by atoms with Gasteiger partial charge in [0.05, 0.1) is 4.90 Å². The fourth-order valence-electron chi connectivity index (χ4n) is 1.55. The Labute approximate surface area is 117 Å². The lowest BCUT2D eigenvalue weighted by molar-refractivity contribution is 0.252. The molecule has 0 unspecified atom stereocenters. The smallest absolute Gasteiger partial charge is 0.319 e. The highest BCUT2D eigenvalue weighted by molar-refractivity contribution is 8.13. The van der Waals surface area contributed by atoms with Gasteiger partial charge in [0.1, 0.15) is 0 Å². The van der Waals surface area contributed by atoms with E-state index in [-0.39, 0.29) is 10.9 Å². The number of hydrogen-bond donors (Lipinski definition) is 2. The number of hydrogen-bond acceptors (Lipinski definition) is 3. The van der Waals surface area contributed by atoms with Crippen molar-refractivity contribution in [2.24, 2.45) is 0 Å². The Hall–Kier alpha value is -1.27. The number of unbranched alkanes of at least 4 members (excludes halogenated alkanes) is 1. The molecule has 0 aromatic heterocycles. The molecule has 2 amide bonds. The second kappa shape index (κ2) is 6.77. The van der Waals surface area contributed by atoms with Crippen LogP contribution in [0.4, 0.5) is 10.5 Å². The number of nitrogens with one attached hydrogen (secondary N) is 2. The summed E-state index contributed by atoms with van der Waals surface area (Å²) in [4.78, 5) is 11.6.